The van der Waals surface area contributed by atoms with Crippen molar-refractivity contribution in [2.75, 3.05) is 26.7 Å². The number of nitrogens with one attached hydrogen (secondary N) is 1. The number of nitrogens with zero attached hydrogens (tertiary/aromatic N) is 1. The summed E-state index contributed by atoms with van der Waals surface area (Å²) >= 11 is 0. The molecule has 128 valence electrons. The topological polar surface area (TPSA) is 24.5 Å². The molecule has 3 rings (SSSR count). The maximum Gasteiger partial charge on any atom is 0.118 e. The highest BCUT2D eigenvalue weighted by molar-refractivity contribution is 5.29. The minimum Gasteiger partial charge on any atom is -0.497 e. The molecule has 1 fully saturated rings. The van der Waals surface area contributed by atoms with E-state index in [0.717, 1.165) is 18.8 Å². The van der Waals surface area contributed by atoms with Crippen molar-refractivity contribution in [3.63, 3.8) is 0 Å². The second-order valence-electron chi connectivity index (χ2n) is 6.50. The SMILES string of the molecule is COc1ccc(C(CNCc2ccccc2)N2CCCCC2)cc1. The number of likely N-dealkylation sites (tertiary alicyclic amines) is 1. The van der Waals surface area contributed by atoms with Gasteiger partial charge in [0, 0.05) is 19.1 Å². The molecule has 0 spiro atoms. The Labute approximate surface area is 145 Å². The predicted molar refractivity (Wildman–Crippen MR) is 99.3 cm³/mol. The molecule has 24 heavy (non-hydrogen) atoms. The van der Waals surface area contributed by atoms with Gasteiger partial charge >= 0.3 is 0 Å². The van der Waals surface area contributed by atoms with Crippen LogP contribution in [0.25, 0.3) is 0 Å². The third-order valence-electron chi connectivity index (χ3n) is 4.84. The molecule has 2 aromatic rings. The van der Waals surface area contributed by atoms with Gasteiger partial charge in [-0.1, -0.05) is 48.9 Å². The number of ether oxygens (including phenoxy) is 1. The molecule has 1 N–H and O–H groups in total. The van der Waals surface area contributed by atoms with Gasteiger partial charge in [0.25, 0.3) is 0 Å². The molecular weight excluding hydrogens is 296 g/mol. The first-order valence-corrected chi connectivity index (χ1v) is 8.99. The first-order chi connectivity index (χ1) is 11.9. The Balaban J connectivity index is 1.66. The van der Waals surface area contributed by atoms with Crippen LogP contribution < -0.4 is 10.1 Å². The first-order valence-electron chi connectivity index (χ1n) is 8.99. The van der Waals surface area contributed by atoms with Gasteiger partial charge < -0.3 is 10.1 Å². The fourth-order valence-corrected chi connectivity index (χ4v) is 3.46. The standard InChI is InChI=1S/C21H28N2O/c1-24-20-12-10-19(11-13-20)21(23-14-6-3-7-15-23)17-22-16-18-8-4-2-5-9-18/h2,4-5,8-13,21-22H,3,6-7,14-17H2,1H3. The molecule has 1 unspecified atom stereocenters. The zero-order chi connectivity index (χ0) is 16.6. The third-order valence-corrected chi connectivity index (χ3v) is 4.84. The highest BCUT2D eigenvalue weighted by Crippen LogP contribution is 2.26. The molecule has 1 heterocycles. The summed E-state index contributed by atoms with van der Waals surface area (Å²) in [6.07, 6.45) is 3.99. The van der Waals surface area contributed by atoms with E-state index in [9.17, 15) is 0 Å². The number of methoxy groups -OCH3 is 1. The molecular formula is C21H28N2O. The Bertz CT molecular complexity index is 591. The van der Waals surface area contributed by atoms with Gasteiger partial charge in [-0.15, -0.1) is 0 Å². The van der Waals surface area contributed by atoms with E-state index in [1.165, 1.54) is 43.5 Å². The Kier molecular flexibility index (Phi) is 6.27. The number of hydrogen-bond acceptors (Lipinski definition) is 3. The maximum absolute atomic E-state index is 5.30. The van der Waals surface area contributed by atoms with Gasteiger partial charge in [-0.2, -0.15) is 0 Å². The summed E-state index contributed by atoms with van der Waals surface area (Å²) in [5.41, 5.74) is 2.71. The van der Waals surface area contributed by atoms with Gasteiger partial charge in [-0.05, 0) is 49.2 Å². The van der Waals surface area contributed by atoms with Crippen molar-refractivity contribution < 1.29 is 4.74 Å². The molecule has 3 heteroatoms. The fourth-order valence-electron chi connectivity index (χ4n) is 3.46. The predicted octanol–water partition coefficient (Wildman–Crippen LogP) is 4.01. The Hall–Kier alpha value is -1.84. The van der Waals surface area contributed by atoms with E-state index < -0.39 is 0 Å². The lowest BCUT2D eigenvalue weighted by molar-refractivity contribution is 0.160. The molecule has 0 aliphatic carbocycles. The van der Waals surface area contributed by atoms with Crippen LogP contribution in [0.15, 0.2) is 54.6 Å². The van der Waals surface area contributed by atoms with Gasteiger partial charge in [-0.3, -0.25) is 4.90 Å². The highest BCUT2D eigenvalue weighted by Gasteiger charge is 2.22. The van der Waals surface area contributed by atoms with Crippen molar-refractivity contribution in [2.45, 2.75) is 31.8 Å². The van der Waals surface area contributed by atoms with Gasteiger partial charge in [-0.25, -0.2) is 0 Å². The van der Waals surface area contributed by atoms with E-state index in [4.69, 9.17) is 4.74 Å². The minimum atomic E-state index is 0.430. The second-order valence-corrected chi connectivity index (χ2v) is 6.50. The van der Waals surface area contributed by atoms with Crippen LogP contribution in [-0.4, -0.2) is 31.6 Å². The molecule has 1 saturated heterocycles. The number of hydrogen-bond donors (Lipinski definition) is 1. The van der Waals surface area contributed by atoms with Gasteiger partial charge in [0.1, 0.15) is 5.75 Å². The summed E-state index contributed by atoms with van der Waals surface area (Å²) in [5, 5.41) is 3.65. The molecule has 1 aliphatic heterocycles. The molecule has 0 radical (unpaired) electrons. The van der Waals surface area contributed by atoms with Crippen LogP contribution in [0.1, 0.15) is 36.4 Å². The smallest absolute Gasteiger partial charge is 0.118 e. The number of piperidine rings is 1. The average Bonchev–Trinajstić information content (AvgIpc) is 2.67. The summed E-state index contributed by atoms with van der Waals surface area (Å²) in [7, 11) is 1.72. The van der Waals surface area contributed by atoms with E-state index in [1.807, 2.05) is 0 Å². The minimum absolute atomic E-state index is 0.430. The third kappa shape index (κ3) is 4.59. The molecule has 1 aliphatic rings. The van der Waals surface area contributed by atoms with Crippen molar-refractivity contribution in [1.29, 1.82) is 0 Å². The fraction of sp³-hybridized carbons (Fsp3) is 0.429. The van der Waals surface area contributed by atoms with Crippen LogP contribution >= 0.6 is 0 Å². The van der Waals surface area contributed by atoms with Crippen LogP contribution in [0.5, 0.6) is 5.75 Å². The van der Waals surface area contributed by atoms with Crippen molar-refractivity contribution in [1.82, 2.24) is 10.2 Å². The van der Waals surface area contributed by atoms with E-state index in [-0.39, 0.29) is 0 Å². The molecule has 1 atom stereocenters. The molecule has 0 aromatic heterocycles. The van der Waals surface area contributed by atoms with E-state index in [1.54, 1.807) is 7.11 Å². The molecule has 2 aromatic carbocycles. The quantitative estimate of drug-likeness (QED) is 0.833. The summed E-state index contributed by atoms with van der Waals surface area (Å²) in [6.45, 7) is 4.29. The Morgan fingerprint density at radius 3 is 2.33 bits per heavy atom. The number of benzene rings is 2. The molecule has 0 amide bonds. The molecule has 3 nitrogen and oxygen atoms in total. The van der Waals surface area contributed by atoms with Crippen LogP contribution in [0.2, 0.25) is 0 Å². The molecule has 0 bridgehead atoms. The van der Waals surface area contributed by atoms with Crippen molar-refractivity contribution in [3.05, 3.63) is 65.7 Å². The number of rotatable bonds is 7. The lowest BCUT2D eigenvalue weighted by Crippen LogP contribution is -2.39. The lowest BCUT2D eigenvalue weighted by Gasteiger charge is -2.35. The van der Waals surface area contributed by atoms with E-state index in [2.05, 4.69) is 64.8 Å². The van der Waals surface area contributed by atoms with E-state index in [0.29, 0.717) is 6.04 Å². The van der Waals surface area contributed by atoms with Crippen molar-refractivity contribution in [3.8, 4) is 5.75 Å². The molecule has 0 saturated carbocycles. The summed E-state index contributed by atoms with van der Waals surface area (Å²) in [5.74, 6) is 0.924. The van der Waals surface area contributed by atoms with Crippen LogP contribution in [-0.2, 0) is 6.54 Å². The summed E-state index contributed by atoms with van der Waals surface area (Å²) < 4.78 is 5.30. The lowest BCUT2D eigenvalue weighted by atomic mass is 10.0. The average molecular weight is 324 g/mol. The Morgan fingerprint density at radius 2 is 1.67 bits per heavy atom. The highest BCUT2D eigenvalue weighted by atomic mass is 16.5. The zero-order valence-electron chi connectivity index (χ0n) is 14.6. The monoisotopic (exact) mass is 324 g/mol. The van der Waals surface area contributed by atoms with Gasteiger partial charge in [0.15, 0.2) is 0 Å². The van der Waals surface area contributed by atoms with Gasteiger partial charge in [0.2, 0.25) is 0 Å². The van der Waals surface area contributed by atoms with E-state index >= 15 is 0 Å². The summed E-state index contributed by atoms with van der Waals surface area (Å²) in [4.78, 5) is 2.63. The van der Waals surface area contributed by atoms with Crippen LogP contribution in [0.4, 0.5) is 0 Å². The Morgan fingerprint density at radius 1 is 0.958 bits per heavy atom. The van der Waals surface area contributed by atoms with Gasteiger partial charge in [0.05, 0.1) is 7.11 Å². The summed E-state index contributed by atoms with van der Waals surface area (Å²) in [6, 6.07) is 19.6. The first kappa shape index (κ1) is 17.0. The largest absolute Gasteiger partial charge is 0.497 e. The van der Waals surface area contributed by atoms with Crippen molar-refractivity contribution >= 4 is 0 Å². The normalized spacial score (nSPS) is 16.7. The zero-order valence-corrected chi connectivity index (χ0v) is 14.6. The maximum atomic E-state index is 5.30. The van der Waals surface area contributed by atoms with Crippen LogP contribution in [0, 0.1) is 0 Å². The van der Waals surface area contributed by atoms with Crippen LogP contribution in [0.3, 0.4) is 0 Å². The second kappa shape index (κ2) is 8.86. The van der Waals surface area contributed by atoms with Crippen molar-refractivity contribution in [2.24, 2.45) is 0 Å².